The van der Waals surface area contributed by atoms with Gasteiger partial charge in [-0.3, -0.25) is 0 Å². The van der Waals surface area contributed by atoms with Gasteiger partial charge in [-0.15, -0.1) is 5.10 Å². The summed E-state index contributed by atoms with van der Waals surface area (Å²) in [5.41, 5.74) is 8.21. The van der Waals surface area contributed by atoms with Crippen molar-refractivity contribution >= 4 is 11.9 Å². The maximum Gasteiger partial charge on any atom is 0.241 e. The average Bonchev–Trinajstić information content (AvgIpc) is 3.02. The molecular weight excluding hydrogens is 302 g/mol. The summed E-state index contributed by atoms with van der Waals surface area (Å²) in [7, 11) is 1.67. The van der Waals surface area contributed by atoms with Crippen LogP contribution in [0.1, 0.15) is 29.6 Å². The molecule has 0 saturated carbocycles. The lowest BCUT2D eigenvalue weighted by Crippen LogP contribution is -2.28. The summed E-state index contributed by atoms with van der Waals surface area (Å²) in [6.45, 7) is 0. The molecule has 0 spiro atoms. The summed E-state index contributed by atoms with van der Waals surface area (Å²) in [6, 6.07) is 18.7. The van der Waals surface area contributed by atoms with E-state index in [9.17, 15) is 0 Å². The fourth-order valence-electron chi connectivity index (χ4n) is 3.20. The maximum atomic E-state index is 5.83. The van der Waals surface area contributed by atoms with Crippen molar-refractivity contribution in [1.82, 2.24) is 14.8 Å². The Labute approximate surface area is 140 Å². The van der Waals surface area contributed by atoms with Gasteiger partial charge in [0.05, 0.1) is 19.2 Å². The highest BCUT2D eigenvalue weighted by molar-refractivity contribution is 5.42. The van der Waals surface area contributed by atoms with Crippen LogP contribution in [-0.2, 0) is 0 Å². The smallest absolute Gasteiger partial charge is 0.241 e. The van der Waals surface area contributed by atoms with Gasteiger partial charge in [0, 0.05) is 0 Å². The number of anilines is 2. The molecule has 3 N–H and O–H groups in total. The lowest BCUT2D eigenvalue weighted by Gasteiger charge is -2.31. The van der Waals surface area contributed by atoms with Gasteiger partial charge in [-0.25, -0.2) is 4.68 Å². The van der Waals surface area contributed by atoms with Crippen molar-refractivity contribution in [2.75, 3.05) is 18.2 Å². The molecule has 6 heteroatoms. The molecule has 0 aliphatic carbocycles. The highest BCUT2D eigenvalue weighted by atomic mass is 16.5. The minimum Gasteiger partial charge on any atom is -0.497 e. The van der Waals surface area contributed by atoms with Crippen LogP contribution < -0.4 is 15.8 Å². The van der Waals surface area contributed by atoms with Gasteiger partial charge in [-0.1, -0.05) is 42.5 Å². The normalized spacial score (nSPS) is 19.4. The van der Waals surface area contributed by atoms with Crippen molar-refractivity contribution < 1.29 is 4.74 Å². The molecule has 0 bridgehead atoms. The minimum atomic E-state index is 0.0714. The lowest BCUT2D eigenvalue weighted by molar-refractivity contribution is 0.411. The number of ether oxygens (including phenoxy) is 1. The van der Waals surface area contributed by atoms with E-state index in [2.05, 4.69) is 39.7 Å². The Hall–Kier alpha value is -3.02. The van der Waals surface area contributed by atoms with Crippen LogP contribution in [0.15, 0.2) is 54.6 Å². The molecule has 1 aliphatic heterocycles. The van der Waals surface area contributed by atoms with Gasteiger partial charge in [-0.05, 0) is 29.7 Å². The largest absolute Gasteiger partial charge is 0.497 e. The van der Waals surface area contributed by atoms with Crippen LogP contribution in [0.25, 0.3) is 0 Å². The SMILES string of the molecule is COc1ccc([C@@H]2C[C@H](c3ccccc3)Nc3nc(N)nn32)cc1. The number of methoxy groups -OCH3 is 1. The Morgan fingerprint density at radius 2 is 1.83 bits per heavy atom. The Bertz CT molecular complexity index is 828. The number of aromatic nitrogens is 3. The molecular formula is C18H19N5O. The number of nitrogens with one attached hydrogen (secondary N) is 1. The molecule has 4 rings (SSSR count). The predicted octanol–water partition coefficient (Wildman–Crippen LogP) is 3.02. The van der Waals surface area contributed by atoms with Crippen LogP contribution >= 0.6 is 0 Å². The summed E-state index contributed by atoms with van der Waals surface area (Å²) in [4.78, 5) is 4.33. The number of hydrogen-bond donors (Lipinski definition) is 2. The fourth-order valence-corrected chi connectivity index (χ4v) is 3.20. The van der Waals surface area contributed by atoms with Crippen LogP contribution in [0.5, 0.6) is 5.75 Å². The highest BCUT2D eigenvalue weighted by Gasteiger charge is 2.30. The first-order valence-electron chi connectivity index (χ1n) is 7.92. The van der Waals surface area contributed by atoms with E-state index < -0.39 is 0 Å². The molecule has 0 amide bonds. The summed E-state index contributed by atoms with van der Waals surface area (Å²) >= 11 is 0. The second-order valence-corrected chi connectivity index (χ2v) is 5.87. The molecule has 0 unspecified atom stereocenters. The highest BCUT2D eigenvalue weighted by Crippen LogP contribution is 2.38. The van der Waals surface area contributed by atoms with Crippen molar-refractivity contribution in [2.24, 2.45) is 0 Å². The molecule has 6 nitrogen and oxygen atoms in total. The molecule has 0 fully saturated rings. The molecule has 2 heterocycles. The number of nitrogen functional groups attached to an aromatic ring is 1. The molecule has 24 heavy (non-hydrogen) atoms. The summed E-state index contributed by atoms with van der Waals surface area (Å²) < 4.78 is 7.13. The molecule has 1 aliphatic rings. The molecule has 0 saturated heterocycles. The third kappa shape index (κ3) is 2.56. The second kappa shape index (κ2) is 5.88. The number of nitrogens with zero attached hydrogens (tertiary/aromatic N) is 3. The zero-order chi connectivity index (χ0) is 16.5. The predicted molar refractivity (Wildman–Crippen MR) is 93.0 cm³/mol. The van der Waals surface area contributed by atoms with E-state index in [1.54, 1.807) is 7.11 Å². The summed E-state index contributed by atoms with van der Waals surface area (Å²) in [5.74, 6) is 1.82. The van der Waals surface area contributed by atoms with Crippen molar-refractivity contribution in [2.45, 2.75) is 18.5 Å². The molecule has 2 atom stereocenters. The van der Waals surface area contributed by atoms with Crippen LogP contribution in [-0.4, -0.2) is 21.9 Å². The van der Waals surface area contributed by atoms with Crippen molar-refractivity contribution in [3.05, 3.63) is 65.7 Å². The average molecular weight is 321 g/mol. The third-order valence-electron chi connectivity index (χ3n) is 4.41. The third-order valence-corrected chi connectivity index (χ3v) is 4.41. The lowest BCUT2D eigenvalue weighted by atomic mass is 9.93. The zero-order valence-corrected chi connectivity index (χ0v) is 13.4. The number of fused-ring (bicyclic) bond motifs is 1. The molecule has 3 aromatic rings. The number of nitrogens with two attached hydrogens (primary N) is 1. The fraction of sp³-hybridized carbons (Fsp3) is 0.222. The van der Waals surface area contributed by atoms with Crippen molar-refractivity contribution in [1.29, 1.82) is 0 Å². The molecule has 1 aromatic heterocycles. The molecule has 2 aromatic carbocycles. The van der Waals surface area contributed by atoms with E-state index >= 15 is 0 Å². The van der Waals surface area contributed by atoms with Gasteiger partial charge in [0.2, 0.25) is 11.9 Å². The number of benzene rings is 2. The van der Waals surface area contributed by atoms with Gasteiger partial charge in [0.25, 0.3) is 0 Å². The Morgan fingerprint density at radius 3 is 2.54 bits per heavy atom. The topological polar surface area (TPSA) is 78.0 Å². The van der Waals surface area contributed by atoms with Gasteiger partial charge in [0.1, 0.15) is 5.75 Å². The first-order chi connectivity index (χ1) is 11.7. The van der Waals surface area contributed by atoms with Crippen LogP contribution in [0.2, 0.25) is 0 Å². The molecule has 122 valence electrons. The minimum absolute atomic E-state index is 0.0714. The van der Waals surface area contributed by atoms with Crippen molar-refractivity contribution in [3.63, 3.8) is 0 Å². The zero-order valence-electron chi connectivity index (χ0n) is 13.4. The maximum absolute atomic E-state index is 5.83. The van der Waals surface area contributed by atoms with E-state index in [0.717, 1.165) is 17.7 Å². The van der Waals surface area contributed by atoms with E-state index in [4.69, 9.17) is 10.5 Å². The first kappa shape index (κ1) is 14.6. The number of rotatable bonds is 3. The monoisotopic (exact) mass is 321 g/mol. The number of hydrogen-bond acceptors (Lipinski definition) is 5. The first-order valence-corrected chi connectivity index (χ1v) is 7.92. The second-order valence-electron chi connectivity index (χ2n) is 5.87. The van der Waals surface area contributed by atoms with Crippen LogP contribution in [0, 0.1) is 0 Å². The van der Waals surface area contributed by atoms with Gasteiger partial charge in [0.15, 0.2) is 0 Å². The Morgan fingerprint density at radius 1 is 1.08 bits per heavy atom. The van der Waals surface area contributed by atoms with E-state index in [1.807, 2.05) is 35.0 Å². The van der Waals surface area contributed by atoms with Crippen molar-refractivity contribution in [3.8, 4) is 5.75 Å². The summed E-state index contributed by atoms with van der Waals surface area (Å²) in [5, 5.41) is 7.81. The Balaban J connectivity index is 1.73. The molecule has 0 radical (unpaired) electrons. The quantitative estimate of drug-likeness (QED) is 0.775. The van der Waals surface area contributed by atoms with Gasteiger partial charge < -0.3 is 15.8 Å². The van der Waals surface area contributed by atoms with Crippen LogP contribution in [0.4, 0.5) is 11.9 Å². The van der Waals surface area contributed by atoms with Crippen LogP contribution in [0.3, 0.4) is 0 Å². The van der Waals surface area contributed by atoms with E-state index in [-0.39, 0.29) is 18.0 Å². The summed E-state index contributed by atoms with van der Waals surface area (Å²) in [6.07, 6.45) is 0.867. The Kier molecular flexibility index (Phi) is 3.57. The van der Waals surface area contributed by atoms with Gasteiger partial charge in [-0.2, -0.15) is 4.98 Å². The standard InChI is InChI=1S/C18H19N5O/c1-24-14-9-7-13(8-10-14)16-11-15(12-5-3-2-4-6-12)20-18-21-17(19)22-23(16)18/h2-10,15-16H,11H2,1H3,(H3,19,20,21,22)/t15-,16+/m1/s1. The van der Waals surface area contributed by atoms with E-state index in [1.165, 1.54) is 5.56 Å². The van der Waals surface area contributed by atoms with Gasteiger partial charge >= 0.3 is 0 Å². The van der Waals surface area contributed by atoms with E-state index in [0.29, 0.717) is 5.95 Å².